The topological polar surface area (TPSA) is 62.2 Å². The van der Waals surface area contributed by atoms with E-state index in [9.17, 15) is 9.90 Å². The van der Waals surface area contributed by atoms with E-state index in [0.29, 0.717) is 20.3 Å². The zero-order chi connectivity index (χ0) is 15.9. The van der Waals surface area contributed by atoms with E-state index in [2.05, 4.69) is 42.2 Å². The zero-order valence-corrected chi connectivity index (χ0v) is 14.8. The van der Waals surface area contributed by atoms with Crippen LogP contribution >= 0.6 is 31.9 Å². The number of pyridine rings is 1. The molecule has 6 heteroatoms. The number of hydrogen-bond acceptors (Lipinski definition) is 3. The number of aryl methyl sites for hydroxylation is 1. The van der Waals surface area contributed by atoms with Crippen LogP contribution in [0.2, 0.25) is 0 Å². The van der Waals surface area contributed by atoms with Gasteiger partial charge in [-0.1, -0.05) is 6.92 Å². The average molecular weight is 424 g/mol. The highest BCUT2D eigenvalue weighted by Crippen LogP contribution is 2.36. The number of aromatic hydroxyl groups is 1. The minimum absolute atomic E-state index is 0.133. The first-order valence-electron chi connectivity index (χ1n) is 6.70. The standard InChI is InChI=1S/C16H12Br2N2O2/c1-2-8-3-10-11(16(22)20-15(10)19-7-8)4-9-5-12(17)14(21)13(18)6-9/h3-7,21H,2H2,1H3,(H,19,20,22)/b11-4+. The van der Waals surface area contributed by atoms with Crippen molar-refractivity contribution in [3.8, 4) is 5.75 Å². The van der Waals surface area contributed by atoms with Gasteiger partial charge in [-0.15, -0.1) is 0 Å². The zero-order valence-electron chi connectivity index (χ0n) is 11.7. The number of halogens is 2. The summed E-state index contributed by atoms with van der Waals surface area (Å²) in [4.78, 5) is 16.5. The van der Waals surface area contributed by atoms with Gasteiger partial charge in [0, 0.05) is 11.8 Å². The van der Waals surface area contributed by atoms with Crippen LogP contribution in [0.1, 0.15) is 23.6 Å². The Bertz CT molecular complexity index is 793. The molecule has 0 bridgehead atoms. The molecule has 0 aliphatic carbocycles. The van der Waals surface area contributed by atoms with Gasteiger partial charge in [0.15, 0.2) is 0 Å². The number of phenolic OH excluding ortho intramolecular Hbond substituents is 1. The van der Waals surface area contributed by atoms with Crippen LogP contribution in [0.3, 0.4) is 0 Å². The Hall–Kier alpha value is -1.66. The van der Waals surface area contributed by atoms with Crippen molar-refractivity contribution >= 4 is 55.2 Å². The lowest BCUT2D eigenvalue weighted by Crippen LogP contribution is -2.04. The molecular weight excluding hydrogens is 412 g/mol. The summed E-state index contributed by atoms with van der Waals surface area (Å²) in [6, 6.07) is 5.50. The number of rotatable bonds is 2. The summed E-state index contributed by atoms with van der Waals surface area (Å²) in [7, 11) is 0. The monoisotopic (exact) mass is 422 g/mol. The summed E-state index contributed by atoms with van der Waals surface area (Å²) in [6.45, 7) is 2.05. The summed E-state index contributed by atoms with van der Waals surface area (Å²) >= 11 is 6.59. The van der Waals surface area contributed by atoms with Crippen molar-refractivity contribution in [2.45, 2.75) is 13.3 Å². The van der Waals surface area contributed by atoms with Gasteiger partial charge in [0.2, 0.25) is 0 Å². The van der Waals surface area contributed by atoms with Crippen LogP contribution in [0.5, 0.6) is 5.75 Å². The van der Waals surface area contributed by atoms with Gasteiger partial charge < -0.3 is 10.4 Å². The molecule has 1 aromatic heterocycles. The van der Waals surface area contributed by atoms with Gasteiger partial charge >= 0.3 is 0 Å². The smallest absolute Gasteiger partial charge is 0.257 e. The van der Waals surface area contributed by atoms with E-state index in [-0.39, 0.29) is 11.7 Å². The van der Waals surface area contributed by atoms with Crippen molar-refractivity contribution in [2.75, 3.05) is 5.32 Å². The van der Waals surface area contributed by atoms with Crippen molar-refractivity contribution in [1.82, 2.24) is 4.98 Å². The van der Waals surface area contributed by atoms with Crippen LogP contribution in [0, 0.1) is 0 Å². The molecule has 112 valence electrons. The number of carbonyl (C=O) groups is 1. The highest BCUT2D eigenvalue weighted by atomic mass is 79.9. The largest absolute Gasteiger partial charge is 0.506 e. The second-order valence-electron chi connectivity index (χ2n) is 4.94. The van der Waals surface area contributed by atoms with Gasteiger partial charge in [0.1, 0.15) is 11.6 Å². The minimum atomic E-state index is -0.170. The number of hydrogen-bond donors (Lipinski definition) is 2. The molecule has 0 radical (unpaired) electrons. The Morgan fingerprint density at radius 2 is 1.95 bits per heavy atom. The predicted octanol–water partition coefficient (Wildman–Crippen LogP) is 4.37. The van der Waals surface area contributed by atoms with Crippen molar-refractivity contribution in [3.63, 3.8) is 0 Å². The molecule has 3 rings (SSSR count). The van der Waals surface area contributed by atoms with Crippen LogP contribution < -0.4 is 5.32 Å². The minimum Gasteiger partial charge on any atom is -0.506 e. The fraction of sp³-hybridized carbons (Fsp3) is 0.125. The molecule has 0 unspecified atom stereocenters. The van der Waals surface area contributed by atoms with Crippen molar-refractivity contribution in [1.29, 1.82) is 0 Å². The van der Waals surface area contributed by atoms with Crippen LogP contribution in [0.4, 0.5) is 5.82 Å². The first kappa shape index (κ1) is 15.2. The van der Waals surface area contributed by atoms with E-state index in [1.54, 1.807) is 24.4 Å². The predicted molar refractivity (Wildman–Crippen MR) is 93.6 cm³/mol. The highest BCUT2D eigenvalue weighted by molar-refractivity contribution is 9.11. The van der Waals surface area contributed by atoms with E-state index in [1.807, 2.05) is 13.0 Å². The summed E-state index contributed by atoms with van der Waals surface area (Å²) < 4.78 is 1.13. The molecule has 0 saturated heterocycles. The van der Waals surface area contributed by atoms with E-state index in [0.717, 1.165) is 23.1 Å². The summed E-state index contributed by atoms with van der Waals surface area (Å²) in [5.41, 5.74) is 3.26. The first-order chi connectivity index (χ1) is 10.5. The number of anilines is 1. The van der Waals surface area contributed by atoms with Gasteiger partial charge in [-0.2, -0.15) is 0 Å². The fourth-order valence-electron chi connectivity index (χ4n) is 2.28. The number of fused-ring (bicyclic) bond motifs is 1. The van der Waals surface area contributed by atoms with Crippen LogP contribution in [-0.2, 0) is 11.2 Å². The number of phenols is 1. The lowest BCUT2D eigenvalue weighted by molar-refractivity contribution is -0.110. The van der Waals surface area contributed by atoms with E-state index in [4.69, 9.17) is 0 Å². The summed E-state index contributed by atoms with van der Waals surface area (Å²) in [5, 5.41) is 12.5. The number of benzene rings is 1. The highest BCUT2D eigenvalue weighted by Gasteiger charge is 2.25. The van der Waals surface area contributed by atoms with Gasteiger partial charge in [0.05, 0.1) is 14.5 Å². The maximum absolute atomic E-state index is 12.2. The fourth-order valence-corrected chi connectivity index (χ4v) is 3.50. The number of carbonyl (C=O) groups excluding carboxylic acids is 1. The van der Waals surface area contributed by atoms with Crippen LogP contribution in [0.25, 0.3) is 11.6 Å². The Balaban J connectivity index is 2.11. The summed E-state index contributed by atoms with van der Waals surface area (Å²) in [5.74, 6) is 0.551. The van der Waals surface area contributed by atoms with Crippen LogP contribution in [-0.4, -0.2) is 16.0 Å². The van der Waals surface area contributed by atoms with Crippen molar-refractivity contribution < 1.29 is 9.90 Å². The van der Waals surface area contributed by atoms with Gasteiger partial charge in [-0.25, -0.2) is 4.98 Å². The van der Waals surface area contributed by atoms with Crippen molar-refractivity contribution in [3.05, 3.63) is 50.0 Å². The normalized spacial score (nSPS) is 15.0. The first-order valence-corrected chi connectivity index (χ1v) is 8.28. The molecule has 2 N–H and O–H groups in total. The lowest BCUT2D eigenvalue weighted by Gasteiger charge is -2.04. The Labute approximate surface area is 144 Å². The third-order valence-electron chi connectivity index (χ3n) is 3.47. The SMILES string of the molecule is CCc1cnc2c(c1)/C(=C\c1cc(Br)c(O)c(Br)c1)C(=O)N2. The molecule has 1 amide bonds. The molecule has 0 fully saturated rings. The second kappa shape index (κ2) is 5.85. The lowest BCUT2D eigenvalue weighted by atomic mass is 10.0. The van der Waals surface area contributed by atoms with Crippen LogP contribution in [0.15, 0.2) is 33.3 Å². The molecule has 1 aromatic carbocycles. The van der Waals surface area contributed by atoms with E-state index < -0.39 is 0 Å². The van der Waals surface area contributed by atoms with Gasteiger partial charge in [-0.05, 0) is 73.7 Å². The molecule has 1 aliphatic rings. The molecule has 2 aromatic rings. The second-order valence-corrected chi connectivity index (χ2v) is 6.65. The Kier molecular flexibility index (Phi) is 4.06. The maximum atomic E-state index is 12.2. The molecule has 1 aliphatic heterocycles. The molecule has 4 nitrogen and oxygen atoms in total. The van der Waals surface area contributed by atoms with Gasteiger partial charge in [0.25, 0.3) is 5.91 Å². The molecule has 22 heavy (non-hydrogen) atoms. The Morgan fingerprint density at radius 3 is 2.59 bits per heavy atom. The average Bonchev–Trinajstić information content (AvgIpc) is 2.80. The maximum Gasteiger partial charge on any atom is 0.257 e. The van der Waals surface area contributed by atoms with E-state index in [1.165, 1.54) is 0 Å². The third-order valence-corrected chi connectivity index (χ3v) is 4.68. The number of aromatic nitrogens is 1. The molecule has 0 atom stereocenters. The third kappa shape index (κ3) is 2.68. The van der Waals surface area contributed by atoms with Crippen molar-refractivity contribution in [2.24, 2.45) is 0 Å². The summed E-state index contributed by atoms with van der Waals surface area (Å²) in [6.07, 6.45) is 4.42. The number of nitrogens with zero attached hydrogens (tertiary/aromatic N) is 1. The van der Waals surface area contributed by atoms with E-state index >= 15 is 0 Å². The quantitative estimate of drug-likeness (QED) is 0.705. The molecular formula is C16H12Br2N2O2. The number of amides is 1. The molecule has 0 saturated carbocycles. The van der Waals surface area contributed by atoms with Gasteiger partial charge in [-0.3, -0.25) is 4.79 Å². The Morgan fingerprint density at radius 1 is 1.27 bits per heavy atom. The molecule has 0 spiro atoms. The number of nitrogens with one attached hydrogen (secondary N) is 1. The molecule has 2 heterocycles.